The topological polar surface area (TPSA) is 3.24 Å². The second kappa shape index (κ2) is 2.97. The van der Waals surface area contributed by atoms with Gasteiger partial charge in [0.2, 0.25) is 0 Å². The van der Waals surface area contributed by atoms with E-state index in [1.165, 1.54) is 0 Å². The third-order valence-corrected chi connectivity index (χ3v) is 1.74. The number of hydrogen-bond acceptors (Lipinski definition) is 1. The predicted octanol–water partition coefficient (Wildman–Crippen LogP) is 1.66. The zero-order valence-corrected chi connectivity index (χ0v) is 6.17. The van der Waals surface area contributed by atoms with Gasteiger partial charge in [-0.25, -0.2) is 0 Å². The Morgan fingerprint density at radius 2 is 2.33 bits per heavy atom. The van der Waals surface area contributed by atoms with Crippen molar-refractivity contribution in [2.75, 3.05) is 6.54 Å². The average Bonchev–Trinajstić information content (AvgIpc) is 1.89. The molecule has 0 radical (unpaired) electrons. The Hall–Kier alpha value is -0.365. The van der Waals surface area contributed by atoms with Crippen molar-refractivity contribution in [1.29, 1.82) is 0 Å². The predicted molar refractivity (Wildman–Crippen MR) is 42.3 cm³/mol. The van der Waals surface area contributed by atoms with Crippen LogP contribution in [0.5, 0.6) is 0 Å². The third kappa shape index (κ3) is 1.52. The second-order valence-electron chi connectivity index (χ2n) is 1.93. The van der Waals surface area contributed by atoms with Crippen molar-refractivity contribution in [3.63, 3.8) is 0 Å². The van der Waals surface area contributed by atoms with Gasteiger partial charge in [0.25, 0.3) is 0 Å². The van der Waals surface area contributed by atoms with Crippen LogP contribution in [0, 0.1) is 0 Å². The van der Waals surface area contributed by atoms with Crippen LogP contribution < -0.4 is 0 Å². The van der Waals surface area contributed by atoms with Crippen LogP contribution in [0.15, 0.2) is 24.3 Å². The average molecular weight is 141 g/mol. The summed E-state index contributed by atoms with van der Waals surface area (Å²) < 4.78 is 0. The number of rotatable bonds is 1. The summed E-state index contributed by atoms with van der Waals surface area (Å²) in [5.74, 6) is 1.96. The lowest BCUT2D eigenvalue weighted by molar-refractivity contribution is 0.621. The molecule has 0 aromatic carbocycles. The van der Waals surface area contributed by atoms with E-state index in [1.54, 1.807) is 0 Å². The number of nitrogens with zero attached hydrogens (tertiary/aromatic N) is 1. The lowest BCUT2D eigenvalue weighted by Gasteiger charge is -2.20. The monoisotopic (exact) mass is 141 g/mol. The Morgan fingerprint density at radius 1 is 1.56 bits per heavy atom. The summed E-state index contributed by atoms with van der Waals surface area (Å²) in [6, 6.07) is 0. The molecule has 0 amide bonds. The standard InChI is InChI=1S/C6H9BClN/c1-2-9-6-4-3-5-7(9)8/h3-6H,2H2,1H3. The summed E-state index contributed by atoms with van der Waals surface area (Å²) in [5, 5.41) is 0. The Morgan fingerprint density at radius 3 is 2.78 bits per heavy atom. The maximum absolute atomic E-state index is 5.87. The number of halogens is 1. The molecule has 48 valence electrons. The van der Waals surface area contributed by atoms with E-state index in [9.17, 15) is 0 Å². The first-order valence-electron chi connectivity index (χ1n) is 3.09. The molecule has 0 aromatic heterocycles. The lowest BCUT2D eigenvalue weighted by atomic mass is 9.87. The first-order valence-corrected chi connectivity index (χ1v) is 3.53. The van der Waals surface area contributed by atoms with Crippen LogP contribution in [0.25, 0.3) is 0 Å². The van der Waals surface area contributed by atoms with Gasteiger partial charge in [0.1, 0.15) is 0 Å². The Balaban J connectivity index is 2.55. The van der Waals surface area contributed by atoms with Crippen molar-refractivity contribution in [2.45, 2.75) is 6.92 Å². The fraction of sp³-hybridized carbons (Fsp3) is 0.333. The highest BCUT2D eigenvalue weighted by Gasteiger charge is 2.13. The summed E-state index contributed by atoms with van der Waals surface area (Å²) in [5.41, 5.74) is 0. The molecule has 0 atom stereocenters. The van der Waals surface area contributed by atoms with Gasteiger partial charge in [-0.1, -0.05) is 12.1 Å². The SMILES string of the molecule is CCN1C=CC=CB1Cl. The molecule has 0 saturated heterocycles. The second-order valence-corrected chi connectivity index (χ2v) is 2.38. The molecule has 0 aliphatic carbocycles. The smallest absolute Gasteiger partial charge is 0.387 e. The molecular weight excluding hydrogens is 132 g/mol. The van der Waals surface area contributed by atoms with Crippen molar-refractivity contribution < 1.29 is 0 Å². The molecule has 1 aliphatic heterocycles. The molecule has 1 aliphatic rings. The van der Waals surface area contributed by atoms with Crippen LogP contribution in [-0.2, 0) is 0 Å². The van der Waals surface area contributed by atoms with E-state index in [0.717, 1.165) is 6.54 Å². The van der Waals surface area contributed by atoms with E-state index in [0.29, 0.717) is 0 Å². The number of hydrogen-bond donors (Lipinski definition) is 0. The summed E-state index contributed by atoms with van der Waals surface area (Å²) in [6.45, 7) is 3.05. The van der Waals surface area contributed by atoms with Gasteiger partial charge in [-0.3, -0.25) is 0 Å². The number of allylic oxidation sites excluding steroid dienone is 2. The van der Waals surface area contributed by atoms with Gasteiger partial charge >= 0.3 is 6.26 Å². The van der Waals surface area contributed by atoms with Gasteiger partial charge in [0, 0.05) is 6.54 Å². The van der Waals surface area contributed by atoms with E-state index in [-0.39, 0.29) is 6.26 Å². The third-order valence-electron chi connectivity index (χ3n) is 1.34. The lowest BCUT2D eigenvalue weighted by Crippen LogP contribution is -2.29. The first kappa shape index (κ1) is 6.75. The largest absolute Gasteiger partial charge is 0.404 e. The van der Waals surface area contributed by atoms with Crippen LogP contribution >= 0.6 is 11.5 Å². The fourth-order valence-corrected chi connectivity index (χ4v) is 1.08. The molecule has 0 N–H and O–H groups in total. The maximum atomic E-state index is 5.87. The minimum atomic E-state index is 0.0556. The first-order chi connectivity index (χ1) is 4.34. The Kier molecular flexibility index (Phi) is 2.23. The van der Waals surface area contributed by atoms with Crippen molar-refractivity contribution in [3.05, 3.63) is 24.3 Å². The molecule has 0 spiro atoms. The Labute approximate surface area is 61.0 Å². The maximum Gasteiger partial charge on any atom is 0.387 e. The molecule has 3 heteroatoms. The van der Waals surface area contributed by atoms with Gasteiger partial charge in [-0.2, -0.15) is 11.5 Å². The van der Waals surface area contributed by atoms with Gasteiger partial charge in [-0.15, -0.1) is 0 Å². The minimum absolute atomic E-state index is 0.0556. The zero-order chi connectivity index (χ0) is 6.69. The molecule has 0 bridgehead atoms. The molecule has 1 nitrogen and oxygen atoms in total. The van der Waals surface area contributed by atoms with Gasteiger partial charge in [0.05, 0.1) is 0 Å². The van der Waals surface area contributed by atoms with Gasteiger partial charge < -0.3 is 4.81 Å². The van der Waals surface area contributed by atoms with Crippen molar-refractivity contribution in [1.82, 2.24) is 4.81 Å². The van der Waals surface area contributed by atoms with Gasteiger partial charge in [0.15, 0.2) is 0 Å². The molecule has 1 heterocycles. The van der Waals surface area contributed by atoms with Crippen molar-refractivity contribution in [2.24, 2.45) is 0 Å². The van der Waals surface area contributed by atoms with E-state index >= 15 is 0 Å². The van der Waals surface area contributed by atoms with Crippen LogP contribution in [0.1, 0.15) is 6.92 Å². The van der Waals surface area contributed by atoms with E-state index in [2.05, 4.69) is 11.7 Å². The van der Waals surface area contributed by atoms with Crippen LogP contribution in [-0.4, -0.2) is 17.6 Å². The Bertz CT molecular complexity index is 144. The van der Waals surface area contributed by atoms with Crippen LogP contribution in [0.2, 0.25) is 0 Å². The van der Waals surface area contributed by atoms with Gasteiger partial charge in [-0.05, 0) is 19.2 Å². The summed E-state index contributed by atoms with van der Waals surface area (Å²) in [4.78, 5) is 2.06. The molecule has 0 aromatic rings. The quantitative estimate of drug-likeness (QED) is 0.502. The zero-order valence-electron chi connectivity index (χ0n) is 5.42. The van der Waals surface area contributed by atoms with E-state index in [4.69, 9.17) is 11.5 Å². The van der Waals surface area contributed by atoms with Crippen molar-refractivity contribution in [3.8, 4) is 0 Å². The van der Waals surface area contributed by atoms with Crippen LogP contribution in [0.3, 0.4) is 0 Å². The molecule has 9 heavy (non-hydrogen) atoms. The fourth-order valence-electron chi connectivity index (χ4n) is 0.789. The molecule has 0 unspecified atom stereocenters. The van der Waals surface area contributed by atoms with E-state index in [1.807, 2.05) is 24.3 Å². The normalized spacial score (nSPS) is 17.1. The summed E-state index contributed by atoms with van der Waals surface area (Å²) in [6.07, 6.45) is 6.00. The summed E-state index contributed by atoms with van der Waals surface area (Å²) >= 11 is 5.87. The minimum Gasteiger partial charge on any atom is -0.404 e. The highest BCUT2D eigenvalue weighted by atomic mass is 35.5. The van der Waals surface area contributed by atoms with E-state index < -0.39 is 0 Å². The van der Waals surface area contributed by atoms with Crippen LogP contribution in [0.4, 0.5) is 0 Å². The molecule has 0 saturated carbocycles. The molecule has 0 fully saturated rings. The molecular formula is C6H9BClN. The highest BCUT2D eigenvalue weighted by molar-refractivity contribution is 7.08. The molecule has 1 rings (SSSR count). The summed E-state index contributed by atoms with van der Waals surface area (Å²) in [7, 11) is 0. The van der Waals surface area contributed by atoms with Crippen molar-refractivity contribution >= 4 is 17.7 Å². The highest BCUT2D eigenvalue weighted by Crippen LogP contribution is 2.06.